The summed E-state index contributed by atoms with van der Waals surface area (Å²) in [6.45, 7) is 4.61. The van der Waals surface area contributed by atoms with Gasteiger partial charge in [-0.15, -0.1) is 11.3 Å². The molecule has 1 aromatic carbocycles. The van der Waals surface area contributed by atoms with Gasteiger partial charge in [0.25, 0.3) is 6.01 Å². The van der Waals surface area contributed by atoms with Crippen molar-refractivity contribution in [1.82, 2.24) is 14.9 Å². The van der Waals surface area contributed by atoms with Crippen LogP contribution in [-0.2, 0) is 5.60 Å². The number of carboxylic acid groups (broad SMARTS) is 1. The first-order valence-electron chi connectivity index (χ1n) is 9.15. The number of rotatable bonds is 3. The minimum Gasteiger partial charge on any atom is -0.465 e. The molecule has 2 bridgehead atoms. The van der Waals surface area contributed by atoms with Gasteiger partial charge in [-0.05, 0) is 38.0 Å². The third kappa shape index (κ3) is 2.65. The van der Waals surface area contributed by atoms with Gasteiger partial charge in [-0.2, -0.15) is 4.98 Å². The Balaban J connectivity index is 1.56. The normalized spacial score (nSPS) is 21.8. The number of aromatic nitrogens is 2. The monoisotopic (exact) mass is 400 g/mol. The fourth-order valence-corrected chi connectivity index (χ4v) is 4.75. The van der Waals surface area contributed by atoms with Crippen LogP contribution in [0.3, 0.4) is 0 Å². The Labute approximate surface area is 165 Å². The van der Waals surface area contributed by atoms with E-state index in [-0.39, 0.29) is 12.1 Å². The maximum absolute atomic E-state index is 11.3. The van der Waals surface area contributed by atoms with Gasteiger partial charge in [0, 0.05) is 24.7 Å². The lowest BCUT2D eigenvalue weighted by Gasteiger charge is -2.54. The number of benzene rings is 1. The first-order chi connectivity index (χ1) is 13.3. The van der Waals surface area contributed by atoms with Crippen molar-refractivity contribution in [3.63, 3.8) is 0 Å². The smallest absolute Gasteiger partial charge is 0.407 e. The zero-order chi connectivity index (χ0) is 19.6. The second-order valence-corrected chi connectivity index (χ2v) is 8.80. The molecule has 5 heterocycles. The summed E-state index contributed by atoms with van der Waals surface area (Å²) < 4.78 is 6.13. The fraction of sp³-hybridized carbons (Fsp3) is 0.421. The van der Waals surface area contributed by atoms with Crippen LogP contribution in [0.25, 0.3) is 21.7 Å². The van der Waals surface area contributed by atoms with Gasteiger partial charge >= 0.3 is 6.09 Å². The van der Waals surface area contributed by atoms with Crippen molar-refractivity contribution in [3.05, 3.63) is 29.3 Å². The van der Waals surface area contributed by atoms with Crippen LogP contribution < -0.4 is 4.90 Å². The average Bonchev–Trinajstić information content (AvgIpc) is 3.29. The van der Waals surface area contributed by atoms with E-state index >= 15 is 0 Å². The number of aliphatic hydroxyl groups is 1. The van der Waals surface area contributed by atoms with Gasteiger partial charge in [0.1, 0.15) is 10.5 Å². The van der Waals surface area contributed by atoms with Crippen LogP contribution in [0.5, 0.6) is 0 Å². The summed E-state index contributed by atoms with van der Waals surface area (Å²) >= 11 is 1.50. The van der Waals surface area contributed by atoms with E-state index in [9.17, 15) is 15.0 Å². The Hall–Kier alpha value is -2.65. The predicted octanol–water partition coefficient (Wildman–Crippen LogP) is 3.12. The van der Waals surface area contributed by atoms with Gasteiger partial charge in [-0.1, -0.05) is 0 Å². The van der Waals surface area contributed by atoms with Gasteiger partial charge in [0.15, 0.2) is 5.58 Å². The molecule has 28 heavy (non-hydrogen) atoms. The number of hydrogen-bond donors (Lipinski definition) is 2. The molecule has 2 N–H and O–H groups in total. The minimum absolute atomic E-state index is 0.0170. The van der Waals surface area contributed by atoms with Crippen LogP contribution in [0.2, 0.25) is 0 Å². The Morgan fingerprint density at radius 1 is 1.32 bits per heavy atom. The number of piperidine rings is 1. The third-order valence-corrected chi connectivity index (χ3v) is 6.34. The van der Waals surface area contributed by atoms with Crippen molar-refractivity contribution in [1.29, 1.82) is 0 Å². The minimum atomic E-state index is -1.02. The molecular weight excluding hydrogens is 380 g/mol. The number of thiazole rings is 1. The maximum Gasteiger partial charge on any atom is 0.407 e. The molecule has 3 aliphatic rings. The Kier molecular flexibility index (Phi) is 3.69. The first kappa shape index (κ1) is 17.4. The predicted molar refractivity (Wildman–Crippen MR) is 105 cm³/mol. The van der Waals surface area contributed by atoms with E-state index in [1.165, 1.54) is 16.2 Å². The molecule has 2 aromatic heterocycles. The fourth-order valence-electron chi connectivity index (χ4n) is 4.10. The summed E-state index contributed by atoms with van der Waals surface area (Å²) in [7, 11) is 0. The largest absolute Gasteiger partial charge is 0.465 e. The highest BCUT2D eigenvalue weighted by molar-refractivity contribution is 7.13. The zero-order valence-corrected chi connectivity index (χ0v) is 16.3. The molecule has 9 heteroatoms. The van der Waals surface area contributed by atoms with E-state index in [4.69, 9.17) is 4.42 Å². The van der Waals surface area contributed by atoms with Crippen molar-refractivity contribution in [2.45, 2.75) is 38.0 Å². The molecular formula is C19H20N4O4S. The number of nitrogens with zero attached hydrogens (tertiary/aromatic N) is 4. The average molecular weight is 400 g/mol. The van der Waals surface area contributed by atoms with E-state index in [1.807, 2.05) is 22.4 Å². The van der Waals surface area contributed by atoms with Crippen molar-refractivity contribution >= 4 is 34.5 Å². The van der Waals surface area contributed by atoms with Crippen LogP contribution in [0.4, 0.5) is 10.8 Å². The first-order valence-corrected chi connectivity index (χ1v) is 10.0. The molecule has 3 aliphatic heterocycles. The molecule has 3 saturated heterocycles. The van der Waals surface area contributed by atoms with Crippen LogP contribution in [0.1, 0.15) is 25.8 Å². The molecule has 3 aromatic rings. The molecule has 0 spiro atoms. The summed E-state index contributed by atoms with van der Waals surface area (Å²) in [5.41, 5.74) is 1.82. The molecule has 3 fully saturated rings. The number of oxazole rings is 1. The number of carbonyl (C=O) groups is 1. The number of hydrogen-bond acceptors (Lipinski definition) is 7. The van der Waals surface area contributed by atoms with Crippen LogP contribution in [0, 0.1) is 0 Å². The summed E-state index contributed by atoms with van der Waals surface area (Å²) in [6, 6.07) is 4.19. The maximum atomic E-state index is 11.3. The highest BCUT2D eigenvalue weighted by atomic mass is 32.1. The number of amides is 1. The molecule has 0 radical (unpaired) electrons. The molecule has 6 rings (SSSR count). The Morgan fingerprint density at radius 3 is 2.68 bits per heavy atom. The van der Waals surface area contributed by atoms with E-state index in [0.29, 0.717) is 30.2 Å². The van der Waals surface area contributed by atoms with Crippen molar-refractivity contribution in [3.8, 4) is 10.6 Å². The molecule has 2 atom stereocenters. The summed E-state index contributed by atoms with van der Waals surface area (Å²) in [4.78, 5) is 23.9. The Morgan fingerprint density at radius 2 is 2.07 bits per heavy atom. The Bertz CT molecular complexity index is 1040. The SMILES string of the molecule is CC(C)(O)c1cc(-c2nccs2)c2oc(N3CC4CC(C3)N4C(=O)O)nc2c1. The van der Waals surface area contributed by atoms with Gasteiger partial charge in [-0.25, -0.2) is 9.78 Å². The van der Waals surface area contributed by atoms with Crippen molar-refractivity contribution in [2.75, 3.05) is 18.0 Å². The van der Waals surface area contributed by atoms with Crippen LogP contribution >= 0.6 is 11.3 Å². The zero-order valence-electron chi connectivity index (χ0n) is 15.5. The quantitative estimate of drug-likeness (QED) is 0.696. The summed E-state index contributed by atoms with van der Waals surface area (Å²) in [6.07, 6.45) is 1.76. The van der Waals surface area contributed by atoms with Gasteiger partial charge < -0.3 is 19.5 Å². The van der Waals surface area contributed by atoms with Gasteiger partial charge in [-0.3, -0.25) is 4.90 Å². The molecule has 1 amide bonds. The standard InChI is InChI=1S/C19H20N4O4S/c1-19(2,26)10-5-13(16-20-3-4-28-16)15-14(6-10)21-17(27-15)22-8-11-7-12(9-22)23(11)18(24)25/h3-6,11-12,26H,7-9H2,1-2H3,(H,24,25). The second-order valence-electron chi connectivity index (χ2n) is 7.90. The van der Waals surface area contributed by atoms with E-state index in [2.05, 4.69) is 9.97 Å². The van der Waals surface area contributed by atoms with Gasteiger partial charge in [0.2, 0.25) is 0 Å². The lowest BCUT2D eigenvalue weighted by atomic mass is 9.88. The molecule has 2 unspecified atom stereocenters. The van der Waals surface area contributed by atoms with E-state index < -0.39 is 11.7 Å². The van der Waals surface area contributed by atoms with E-state index in [1.54, 1.807) is 20.0 Å². The summed E-state index contributed by atoms with van der Waals surface area (Å²) in [5.74, 6) is 0. The lowest BCUT2D eigenvalue weighted by Crippen LogP contribution is -2.70. The van der Waals surface area contributed by atoms with E-state index in [0.717, 1.165) is 22.6 Å². The third-order valence-electron chi connectivity index (χ3n) is 5.53. The van der Waals surface area contributed by atoms with Crippen molar-refractivity contribution < 1.29 is 19.4 Å². The molecule has 0 aliphatic carbocycles. The second kappa shape index (κ2) is 5.92. The van der Waals surface area contributed by atoms with Crippen LogP contribution in [0.15, 0.2) is 28.1 Å². The van der Waals surface area contributed by atoms with Crippen molar-refractivity contribution in [2.24, 2.45) is 0 Å². The summed E-state index contributed by atoms with van der Waals surface area (Å²) in [5, 5.41) is 22.5. The number of piperazine rings is 1. The van der Waals surface area contributed by atoms with Gasteiger partial charge in [0.05, 0.1) is 23.2 Å². The number of anilines is 1. The topological polar surface area (TPSA) is 103 Å². The molecule has 8 nitrogen and oxygen atoms in total. The number of fused-ring (bicyclic) bond motifs is 3. The molecule has 0 saturated carbocycles. The highest BCUT2D eigenvalue weighted by Gasteiger charge is 2.48. The lowest BCUT2D eigenvalue weighted by molar-refractivity contribution is 0.0101. The highest BCUT2D eigenvalue weighted by Crippen LogP contribution is 2.39. The molecule has 146 valence electrons. The van der Waals surface area contributed by atoms with Crippen LogP contribution in [-0.4, -0.2) is 56.3 Å².